The van der Waals surface area contributed by atoms with Gasteiger partial charge in [0.15, 0.2) is 5.82 Å². The number of para-hydroxylation sites is 1. The van der Waals surface area contributed by atoms with Gasteiger partial charge in [-0.2, -0.15) is 0 Å². The first kappa shape index (κ1) is 26.4. The highest BCUT2D eigenvalue weighted by molar-refractivity contribution is 6.00. The van der Waals surface area contributed by atoms with Crippen molar-refractivity contribution in [2.75, 3.05) is 20.1 Å². The number of carbonyl (C=O) groups is 2. The first-order valence-corrected chi connectivity index (χ1v) is 14.3. The van der Waals surface area contributed by atoms with Gasteiger partial charge in [-0.05, 0) is 82.7 Å². The van der Waals surface area contributed by atoms with Crippen molar-refractivity contribution in [3.63, 3.8) is 0 Å². The number of amides is 2. The third kappa shape index (κ3) is 4.84. The second-order valence-corrected chi connectivity index (χ2v) is 12.6. The Morgan fingerprint density at radius 3 is 2.62 bits per heavy atom. The lowest BCUT2D eigenvalue weighted by Crippen LogP contribution is -2.48. The van der Waals surface area contributed by atoms with Crippen molar-refractivity contribution in [2.45, 2.75) is 65.1 Å². The number of hydrogen-bond acceptors (Lipinski definition) is 4. The molecule has 1 atom stereocenters. The molecule has 8 heteroatoms. The van der Waals surface area contributed by atoms with Crippen LogP contribution in [0, 0.1) is 5.92 Å². The van der Waals surface area contributed by atoms with Gasteiger partial charge in [-0.3, -0.25) is 4.79 Å². The van der Waals surface area contributed by atoms with E-state index in [2.05, 4.69) is 52.6 Å². The molecule has 1 aliphatic carbocycles. The molecular weight excluding hydrogens is 502 g/mol. The van der Waals surface area contributed by atoms with E-state index in [1.807, 2.05) is 38.7 Å². The number of benzene rings is 2. The number of imidazole rings is 1. The van der Waals surface area contributed by atoms with Crippen LogP contribution in [0.25, 0.3) is 33.5 Å². The minimum atomic E-state index is -0.565. The first-order valence-electron chi connectivity index (χ1n) is 14.3. The Kier molecular flexibility index (Phi) is 6.39. The van der Waals surface area contributed by atoms with Gasteiger partial charge >= 0.3 is 6.09 Å². The summed E-state index contributed by atoms with van der Waals surface area (Å²) in [6.45, 7) is 9.57. The molecular formula is C32H39N5O3. The van der Waals surface area contributed by atoms with Crippen LogP contribution in [0.5, 0.6) is 0 Å². The molecule has 1 aliphatic heterocycles. The molecule has 0 unspecified atom stereocenters. The van der Waals surface area contributed by atoms with Crippen molar-refractivity contribution in [2.24, 2.45) is 13.0 Å². The van der Waals surface area contributed by atoms with Crippen LogP contribution >= 0.6 is 0 Å². The molecule has 2 aliphatic rings. The number of carbonyl (C=O) groups excluding carboxylic acids is 2. The minimum Gasteiger partial charge on any atom is -0.444 e. The summed E-state index contributed by atoms with van der Waals surface area (Å²) in [5.41, 5.74) is 5.42. The fourth-order valence-corrected chi connectivity index (χ4v) is 5.72. The van der Waals surface area contributed by atoms with E-state index >= 15 is 0 Å². The zero-order chi connectivity index (χ0) is 28.3. The number of aryl methyl sites for hydroxylation is 1. The van der Waals surface area contributed by atoms with Crippen molar-refractivity contribution in [1.82, 2.24) is 23.9 Å². The number of nitrogens with zero attached hydrogens (tertiary/aromatic N) is 5. The van der Waals surface area contributed by atoms with Crippen molar-refractivity contribution < 1.29 is 14.3 Å². The van der Waals surface area contributed by atoms with Crippen LogP contribution < -0.4 is 0 Å². The maximum Gasteiger partial charge on any atom is 0.410 e. The molecule has 2 amide bonds. The number of rotatable bonds is 6. The summed E-state index contributed by atoms with van der Waals surface area (Å²) >= 11 is 0. The maximum absolute atomic E-state index is 13.6. The Labute approximate surface area is 235 Å². The molecule has 1 fully saturated rings. The van der Waals surface area contributed by atoms with Crippen LogP contribution in [0.2, 0.25) is 0 Å². The monoisotopic (exact) mass is 541 g/mol. The summed E-state index contributed by atoms with van der Waals surface area (Å²) in [5, 5.41) is 1.22. The van der Waals surface area contributed by atoms with Gasteiger partial charge in [-0.1, -0.05) is 18.2 Å². The quantitative estimate of drug-likeness (QED) is 0.307. The predicted molar refractivity (Wildman–Crippen MR) is 157 cm³/mol. The number of likely N-dealkylation sites (N-methyl/N-ethyl adjacent to an activating group) is 1. The summed E-state index contributed by atoms with van der Waals surface area (Å²) in [6, 6.07) is 14.7. The third-order valence-electron chi connectivity index (χ3n) is 8.28. The molecule has 0 N–H and O–H groups in total. The van der Waals surface area contributed by atoms with Crippen LogP contribution in [0.4, 0.5) is 4.79 Å². The zero-order valence-electron chi connectivity index (χ0n) is 24.4. The number of hydrogen-bond donors (Lipinski definition) is 0. The molecule has 2 aromatic heterocycles. The lowest BCUT2D eigenvalue weighted by atomic mass is 9.97. The molecule has 6 rings (SSSR count). The first-order chi connectivity index (χ1) is 19.0. The Morgan fingerprint density at radius 2 is 1.90 bits per heavy atom. The van der Waals surface area contributed by atoms with E-state index in [9.17, 15) is 9.59 Å². The van der Waals surface area contributed by atoms with Gasteiger partial charge in [0.2, 0.25) is 0 Å². The van der Waals surface area contributed by atoms with Gasteiger partial charge in [0.05, 0.1) is 16.7 Å². The van der Waals surface area contributed by atoms with Gasteiger partial charge in [0.25, 0.3) is 5.91 Å². The third-order valence-corrected chi connectivity index (χ3v) is 8.28. The smallest absolute Gasteiger partial charge is 0.410 e. The lowest BCUT2D eigenvalue weighted by molar-refractivity contribution is 0.0197. The highest BCUT2D eigenvalue weighted by Crippen LogP contribution is 2.37. The minimum absolute atomic E-state index is 0.0114. The number of aromatic nitrogens is 3. The molecule has 2 aromatic carbocycles. The summed E-state index contributed by atoms with van der Waals surface area (Å²) in [6.07, 6.45) is 2.95. The zero-order valence-corrected chi connectivity index (χ0v) is 24.4. The second kappa shape index (κ2) is 9.68. The van der Waals surface area contributed by atoms with E-state index < -0.39 is 5.60 Å². The van der Waals surface area contributed by atoms with Crippen LogP contribution in [0.15, 0.2) is 42.5 Å². The SMILES string of the molecule is C[C@H](CN1CCc2cc3c(cc2C1=O)nc(-c1cc2ccccc2n1CC1CC1)n3C)N(C)C(=O)OC(C)(C)C. The van der Waals surface area contributed by atoms with E-state index in [0.29, 0.717) is 18.7 Å². The van der Waals surface area contributed by atoms with E-state index in [4.69, 9.17) is 9.72 Å². The average molecular weight is 542 g/mol. The molecule has 0 spiro atoms. The van der Waals surface area contributed by atoms with Crippen molar-refractivity contribution >= 4 is 33.9 Å². The largest absolute Gasteiger partial charge is 0.444 e. The number of ether oxygens (including phenoxy) is 1. The molecule has 8 nitrogen and oxygen atoms in total. The second-order valence-electron chi connectivity index (χ2n) is 12.6. The Bertz CT molecular complexity index is 1620. The summed E-state index contributed by atoms with van der Waals surface area (Å²) < 4.78 is 10.1. The van der Waals surface area contributed by atoms with Crippen LogP contribution in [-0.4, -0.2) is 67.7 Å². The van der Waals surface area contributed by atoms with Crippen LogP contribution in [0.3, 0.4) is 0 Å². The standard InChI is InChI=1S/C32H39N5O3/c1-20(34(5)31(39)40-32(2,3)4)18-36-14-13-22-15-27-25(17-24(22)30(36)38)33-29(35(27)6)28-16-23-9-7-8-10-26(23)37(28)19-21-11-12-21/h7-10,15-17,20-21H,11-14,18-19H2,1-6H3/t20-/m1/s1. The average Bonchev–Trinajstić information content (AvgIpc) is 3.58. The normalized spacial score (nSPS) is 16.4. The molecule has 0 bridgehead atoms. The van der Waals surface area contributed by atoms with Gasteiger partial charge < -0.3 is 23.7 Å². The van der Waals surface area contributed by atoms with Crippen molar-refractivity contribution in [3.05, 3.63) is 53.6 Å². The molecule has 3 heterocycles. The highest BCUT2D eigenvalue weighted by atomic mass is 16.6. The van der Waals surface area contributed by atoms with Gasteiger partial charge in [-0.15, -0.1) is 0 Å². The summed E-state index contributed by atoms with van der Waals surface area (Å²) in [5.74, 6) is 1.64. The van der Waals surface area contributed by atoms with Crippen LogP contribution in [-0.2, 0) is 24.8 Å². The Hall–Kier alpha value is -3.81. The lowest BCUT2D eigenvalue weighted by Gasteiger charge is -2.34. The van der Waals surface area contributed by atoms with Crippen molar-refractivity contribution in [1.29, 1.82) is 0 Å². The van der Waals surface area contributed by atoms with E-state index in [1.54, 1.807) is 11.9 Å². The topological polar surface area (TPSA) is 72.6 Å². The molecule has 210 valence electrons. The van der Waals surface area contributed by atoms with E-state index in [0.717, 1.165) is 47.0 Å². The molecule has 0 saturated heterocycles. The van der Waals surface area contributed by atoms with Crippen LogP contribution in [0.1, 0.15) is 56.5 Å². The molecule has 1 saturated carbocycles. The molecule has 4 aromatic rings. The Morgan fingerprint density at radius 1 is 1.15 bits per heavy atom. The maximum atomic E-state index is 13.6. The number of fused-ring (bicyclic) bond motifs is 3. The van der Waals surface area contributed by atoms with Gasteiger partial charge in [0, 0.05) is 56.2 Å². The van der Waals surface area contributed by atoms with E-state index in [1.165, 1.54) is 23.7 Å². The van der Waals surface area contributed by atoms with Gasteiger partial charge in [0.1, 0.15) is 5.60 Å². The summed E-state index contributed by atoms with van der Waals surface area (Å²) in [7, 11) is 3.80. The highest BCUT2D eigenvalue weighted by Gasteiger charge is 2.31. The molecule has 40 heavy (non-hydrogen) atoms. The predicted octanol–water partition coefficient (Wildman–Crippen LogP) is 5.86. The van der Waals surface area contributed by atoms with E-state index in [-0.39, 0.29) is 18.0 Å². The summed E-state index contributed by atoms with van der Waals surface area (Å²) in [4.78, 5) is 34.7. The molecule has 0 radical (unpaired) electrons. The fourth-order valence-electron chi connectivity index (χ4n) is 5.72. The Balaban J connectivity index is 1.29. The van der Waals surface area contributed by atoms with Gasteiger partial charge in [-0.25, -0.2) is 9.78 Å². The fraction of sp³-hybridized carbons (Fsp3) is 0.469. The van der Waals surface area contributed by atoms with Crippen molar-refractivity contribution in [3.8, 4) is 11.5 Å².